The third-order valence-corrected chi connectivity index (χ3v) is 2.49. The fourth-order valence-corrected chi connectivity index (χ4v) is 1.44. The highest BCUT2D eigenvalue weighted by Crippen LogP contribution is 2.17. The minimum Gasteiger partial charge on any atom is -0.508 e. The van der Waals surface area contributed by atoms with E-state index in [9.17, 15) is 4.79 Å². The van der Waals surface area contributed by atoms with Crippen molar-refractivity contribution >= 4 is 5.97 Å². The molecule has 1 aromatic carbocycles. The lowest BCUT2D eigenvalue weighted by Crippen LogP contribution is -2.24. The molecule has 0 saturated carbocycles. The van der Waals surface area contributed by atoms with Gasteiger partial charge in [0.15, 0.2) is 0 Å². The standard InChI is InChI=1S/C13H18O5/c1-16-8-7-10(13(15)17-2)9-18-12-5-3-11(14)4-6-12/h3-6,10,14H,7-9H2,1-2H3. The molecule has 1 rings (SSSR count). The molecule has 0 aliphatic heterocycles. The van der Waals surface area contributed by atoms with Crippen LogP contribution in [0.1, 0.15) is 6.42 Å². The molecule has 0 saturated heterocycles. The number of methoxy groups -OCH3 is 2. The van der Waals surface area contributed by atoms with Crippen molar-refractivity contribution in [2.24, 2.45) is 5.92 Å². The van der Waals surface area contributed by atoms with Crippen LogP contribution < -0.4 is 4.74 Å². The second-order valence-corrected chi connectivity index (χ2v) is 3.81. The van der Waals surface area contributed by atoms with Gasteiger partial charge in [-0.15, -0.1) is 0 Å². The maximum Gasteiger partial charge on any atom is 0.312 e. The number of carbonyl (C=O) groups is 1. The highest BCUT2D eigenvalue weighted by Gasteiger charge is 2.19. The first-order valence-corrected chi connectivity index (χ1v) is 5.66. The molecule has 0 aliphatic rings. The van der Waals surface area contributed by atoms with Gasteiger partial charge in [0.05, 0.1) is 13.0 Å². The van der Waals surface area contributed by atoms with Crippen LogP contribution in [-0.2, 0) is 14.3 Å². The minimum atomic E-state index is -0.358. The molecular formula is C13H18O5. The summed E-state index contributed by atoms with van der Waals surface area (Å²) in [5.74, 6) is 0.0972. The first-order valence-electron chi connectivity index (χ1n) is 5.66. The summed E-state index contributed by atoms with van der Waals surface area (Å²) in [6.45, 7) is 0.694. The third kappa shape index (κ3) is 4.63. The highest BCUT2D eigenvalue weighted by atomic mass is 16.5. The van der Waals surface area contributed by atoms with Crippen molar-refractivity contribution in [3.05, 3.63) is 24.3 Å². The average Bonchev–Trinajstić information content (AvgIpc) is 2.40. The molecule has 0 bridgehead atoms. The Hall–Kier alpha value is -1.75. The lowest BCUT2D eigenvalue weighted by Gasteiger charge is -2.15. The molecule has 0 fully saturated rings. The monoisotopic (exact) mass is 254 g/mol. The Morgan fingerprint density at radius 2 is 1.94 bits per heavy atom. The van der Waals surface area contributed by atoms with E-state index < -0.39 is 0 Å². The normalized spacial score (nSPS) is 11.9. The van der Waals surface area contributed by atoms with E-state index in [2.05, 4.69) is 0 Å². The number of phenolic OH excluding ortho intramolecular Hbond substituents is 1. The zero-order chi connectivity index (χ0) is 13.4. The molecule has 0 aliphatic carbocycles. The molecule has 0 aromatic heterocycles. The number of esters is 1. The fraction of sp³-hybridized carbons (Fsp3) is 0.462. The Morgan fingerprint density at radius 1 is 1.28 bits per heavy atom. The van der Waals surface area contributed by atoms with Crippen LogP contribution in [0.3, 0.4) is 0 Å². The lowest BCUT2D eigenvalue weighted by atomic mass is 10.1. The highest BCUT2D eigenvalue weighted by molar-refractivity contribution is 5.72. The summed E-state index contributed by atoms with van der Waals surface area (Å²) in [4.78, 5) is 11.5. The summed E-state index contributed by atoms with van der Waals surface area (Å²) in [5.41, 5.74) is 0. The van der Waals surface area contributed by atoms with Gasteiger partial charge in [0.2, 0.25) is 0 Å². The molecule has 0 radical (unpaired) electrons. The molecule has 5 nitrogen and oxygen atoms in total. The van der Waals surface area contributed by atoms with E-state index in [4.69, 9.17) is 19.3 Å². The van der Waals surface area contributed by atoms with Gasteiger partial charge in [-0.1, -0.05) is 0 Å². The molecule has 0 amide bonds. The predicted molar refractivity (Wildman–Crippen MR) is 65.6 cm³/mol. The van der Waals surface area contributed by atoms with Crippen LogP contribution in [-0.4, -0.2) is 38.5 Å². The van der Waals surface area contributed by atoms with Gasteiger partial charge >= 0.3 is 5.97 Å². The van der Waals surface area contributed by atoms with Crippen LogP contribution in [0.25, 0.3) is 0 Å². The SMILES string of the molecule is COCCC(COc1ccc(O)cc1)C(=O)OC. The maximum atomic E-state index is 11.5. The second-order valence-electron chi connectivity index (χ2n) is 3.81. The van der Waals surface area contributed by atoms with E-state index in [-0.39, 0.29) is 24.2 Å². The van der Waals surface area contributed by atoms with Gasteiger partial charge in [0, 0.05) is 13.7 Å². The smallest absolute Gasteiger partial charge is 0.312 e. The summed E-state index contributed by atoms with van der Waals surface area (Å²) < 4.78 is 15.1. The maximum absolute atomic E-state index is 11.5. The van der Waals surface area contributed by atoms with Crippen molar-refractivity contribution in [1.82, 2.24) is 0 Å². The average molecular weight is 254 g/mol. The Balaban J connectivity index is 2.50. The van der Waals surface area contributed by atoms with E-state index in [1.54, 1.807) is 19.2 Å². The van der Waals surface area contributed by atoms with Crippen LogP contribution in [0, 0.1) is 5.92 Å². The van der Waals surface area contributed by atoms with Crippen molar-refractivity contribution in [3.63, 3.8) is 0 Å². The Bertz CT molecular complexity index is 360. The lowest BCUT2D eigenvalue weighted by molar-refractivity contribution is -0.147. The number of phenols is 1. The topological polar surface area (TPSA) is 65.0 Å². The minimum absolute atomic E-state index is 0.172. The molecule has 1 unspecified atom stereocenters. The van der Waals surface area contributed by atoms with Crippen LogP contribution in [0.4, 0.5) is 0 Å². The molecule has 100 valence electrons. The van der Waals surface area contributed by atoms with Gasteiger partial charge in [-0.05, 0) is 30.7 Å². The number of hydrogen-bond acceptors (Lipinski definition) is 5. The molecule has 0 spiro atoms. The quantitative estimate of drug-likeness (QED) is 0.749. The predicted octanol–water partition coefficient (Wildman–Crippen LogP) is 1.60. The molecular weight excluding hydrogens is 236 g/mol. The summed E-state index contributed by atoms with van der Waals surface area (Å²) in [7, 11) is 2.93. The van der Waals surface area contributed by atoms with Gasteiger partial charge < -0.3 is 19.3 Å². The van der Waals surface area contributed by atoms with Crippen LogP contribution >= 0.6 is 0 Å². The first kappa shape index (κ1) is 14.3. The number of aromatic hydroxyl groups is 1. The second kappa shape index (κ2) is 7.55. The van der Waals surface area contributed by atoms with Crippen molar-refractivity contribution < 1.29 is 24.1 Å². The number of carbonyl (C=O) groups excluding carboxylic acids is 1. The van der Waals surface area contributed by atoms with Gasteiger partial charge in [-0.3, -0.25) is 4.79 Å². The van der Waals surface area contributed by atoms with Gasteiger partial charge in [-0.2, -0.15) is 0 Å². The fourth-order valence-electron chi connectivity index (χ4n) is 1.44. The van der Waals surface area contributed by atoms with Crippen LogP contribution in [0.2, 0.25) is 0 Å². The van der Waals surface area contributed by atoms with Gasteiger partial charge in [0.25, 0.3) is 0 Å². The van der Waals surface area contributed by atoms with Crippen molar-refractivity contribution in [2.75, 3.05) is 27.4 Å². The Morgan fingerprint density at radius 3 is 2.50 bits per heavy atom. The third-order valence-electron chi connectivity index (χ3n) is 2.49. The van der Waals surface area contributed by atoms with Crippen molar-refractivity contribution in [1.29, 1.82) is 0 Å². The number of rotatable bonds is 7. The van der Waals surface area contributed by atoms with E-state index >= 15 is 0 Å². The molecule has 1 aromatic rings. The largest absolute Gasteiger partial charge is 0.508 e. The Kier molecular flexibility index (Phi) is 6.00. The van der Waals surface area contributed by atoms with Gasteiger partial charge in [0.1, 0.15) is 18.1 Å². The summed E-state index contributed by atoms with van der Waals surface area (Å²) >= 11 is 0. The molecule has 1 N–H and O–H groups in total. The molecule has 5 heteroatoms. The summed E-state index contributed by atoms with van der Waals surface area (Å²) in [6, 6.07) is 6.33. The molecule has 0 heterocycles. The number of hydrogen-bond donors (Lipinski definition) is 1. The zero-order valence-electron chi connectivity index (χ0n) is 10.6. The van der Waals surface area contributed by atoms with E-state index in [0.717, 1.165) is 0 Å². The van der Waals surface area contributed by atoms with Gasteiger partial charge in [-0.25, -0.2) is 0 Å². The number of benzene rings is 1. The van der Waals surface area contributed by atoms with E-state index in [0.29, 0.717) is 18.8 Å². The number of ether oxygens (including phenoxy) is 3. The van der Waals surface area contributed by atoms with E-state index in [1.807, 2.05) is 0 Å². The van der Waals surface area contributed by atoms with Crippen LogP contribution in [0.15, 0.2) is 24.3 Å². The van der Waals surface area contributed by atoms with Crippen molar-refractivity contribution in [2.45, 2.75) is 6.42 Å². The summed E-state index contributed by atoms with van der Waals surface area (Å²) in [6.07, 6.45) is 0.543. The first-order chi connectivity index (χ1) is 8.67. The van der Waals surface area contributed by atoms with Crippen molar-refractivity contribution in [3.8, 4) is 11.5 Å². The zero-order valence-corrected chi connectivity index (χ0v) is 10.6. The molecule has 1 atom stereocenters. The van der Waals surface area contributed by atoms with E-state index in [1.165, 1.54) is 19.2 Å². The van der Waals surface area contributed by atoms with Crippen LogP contribution in [0.5, 0.6) is 11.5 Å². The Labute approximate surface area is 106 Å². The molecule has 18 heavy (non-hydrogen) atoms. The summed E-state index contributed by atoms with van der Waals surface area (Å²) in [5, 5.41) is 9.13.